The number of hydrogen-bond donors (Lipinski definition) is 0. The molecule has 0 radical (unpaired) electrons. The van der Waals surface area contributed by atoms with E-state index in [4.69, 9.17) is 27.9 Å². The molecule has 0 aromatic rings. The van der Waals surface area contributed by atoms with Crippen LogP contribution in [0.3, 0.4) is 0 Å². The van der Waals surface area contributed by atoms with E-state index in [9.17, 15) is 4.79 Å². The molecular formula is C11H23Cl2NO2. The van der Waals surface area contributed by atoms with Crippen molar-refractivity contribution in [1.82, 2.24) is 4.90 Å². The summed E-state index contributed by atoms with van der Waals surface area (Å²) >= 11 is 11.1. The Hall–Kier alpha value is -0.150. The summed E-state index contributed by atoms with van der Waals surface area (Å²) in [6, 6.07) is 0. The van der Waals surface area contributed by atoms with Crippen LogP contribution in [0.15, 0.2) is 0 Å². The molecule has 1 amide bonds. The van der Waals surface area contributed by atoms with E-state index in [0.717, 1.165) is 0 Å². The second-order valence-electron chi connectivity index (χ2n) is 3.85. The number of rotatable bonds is 4. The molecule has 0 bridgehead atoms. The van der Waals surface area contributed by atoms with Crippen molar-refractivity contribution in [3.8, 4) is 0 Å². The molecule has 0 unspecified atom stereocenters. The van der Waals surface area contributed by atoms with Crippen molar-refractivity contribution in [3.05, 3.63) is 0 Å². The topological polar surface area (TPSA) is 29.5 Å². The van der Waals surface area contributed by atoms with Crippen LogP contribution in [0.25, 0.3) is 0 Å². The number of carbonyl (C=O) groups is 1. The van der Waals surface area contributed by atoms with Gasteiger partial charge in [-0.05, 0) is 20.8 Å². The summed E-state index contributed by atoms with van der Waals surface area (Å²) in [6.07, 6.45) is -0.362. The Morgan fingerprint density at radius 1 is 1.12 bits per heavy atom. The Morgan fingerprint density at radius 3 is 1.75 bits per heavy atom. The third-order valence-electron chi connectivity index (χ3n) is 1.36. The van der Waals surface area contributed by atoms with E-state index in [0.29, 0.717) is 24.8 Å². The van der Waals surface area contributed by atoms with Crippen LogP contribution in [0.5, 0.6) is 0 Å². The van der Waals surface area contributed by atoms with Gasteiger partial charge in [0, 0.05) is 24.8 Å². The molecular weight excluding hydrogens is 249 g/mol. The van der Waals surface area contributed by atoms with Crippen molar-refractivity contribution in [3.63, 3.8) is 0 Å². The average molecular weight is 272 g/mol. The molecule has 0 fully saturated rings. The van der Waals surface area contributed by atoms with E-state index in [-0.39, 0.29) is 6.09 Å². The Kier molecular flexibility index (Phi) is 11.4. The lowest BCUT2D eigenvalue weighted by Gasteiger charge is -2.26. The number of nitrogens with zero attached hydrogens (tertiary/aromatic N) is 1. The highest BCUT2D eigenvalue weighted by molar-refractivity contribution is 6.18. The molecule has 0 saturated heterocycles. The van der Waals surface area contributed by atoms with E-state index >= 15 is 0 Å². The van der Waals surface area contributed by atoms with Crippen molar-refractivity contribution < 1.29 is 9.53 Å². The molecule has 0 spiro atoms. The van der Waals surface area contributed by atoms with E-state index in [1.165, 1.54) is 4.90 Å². The molecule has 0 heterocycles. The third kappa shape index (κ3) is 10.4. The number of halogens is 2. The molecule has 0 atom stereocenters. The van der Waals surface area contributed by atoms with Gasteiger partial charge in [0.05, 0.1) is 0 Å². The van der Waals surface area contributed by atoms with Crippen molar-refractivity contribution in [1.29, 1.82) is 0 Å². The van der Waals surface area contributed by atoms with Crippen LogP contribution < -0.4 is 0 Å². The van der Waals surface area contributed by atoms with E-state index in [2.05, 4.69) is 0 Å². The van der Waals surface area contributed by atoms with Crippen molar-refractivity contribution in [2.75, 3.05) is 24.8 Å². The fourth-order valence-corrected chi connectivity index (χ4v) is 1.23. The second-order valence-corrected chi connectivity index (χ2v) is 4.60. The predicted octanol–water partition coefficient (Wildman–Crippen LogP) is 3.73. The Labute approximate surface area is 109 Å². The third-order valence-corrected chi connectivity index (χ3v) is 1.70. The van der Waals surface area contributed by atoms with Crippen LogP contribution in [0.4, 0.5) is 4.79 Å². The van der Waals surface area contributed by atoms with Crippen LogP contribution in [0, 0.1) is 0 Å². The normalized spacial score (nSPS) is 10.2. The van der Waals surface area contributed by atoms with Crippen LogP contribution in [-0.2, 0) is 4.74 Å². The molecule has 0 N–H and O–H groups in total. The van der Waals surface area contributed by atoms with E-state index in [1.54, 1.807) is 0 Å². The van der Waals surface area contributed by atoms with Crippen molar-refractivity contribution in [2.24, 2.45) is 0 Å². The zero-order valence-corrected chi connectivity index (χ0v) is 12.4. The highest BCUT2D eigenvalue weighted by Gasteiger charge is 2.20. The van der Waals surface area contributed by atoms with Gasteiger partial charge in [0.25, 0.3) is 0 Å². The van der Waals surface area contributed by atoms with Crippen LogP contribution in [0.1, 0.15) is 34.6 Å². The molecule has 3 nitrogen and oxygen atoms in total. The average Bonchev–Trinajstić information content (AvgIpc) is 2.18. The number of alkyl halides is 2. The van der Waals surface area contributed by atoms with Gasteiger partial charge in [-0.3, -0.25) is 0 Å². The molecule has 0 aromatic heterocycles. The predicted molar refractivity (Wildman–Crippen MR) is 70.6 cm³/mol. The van der Waals surface area contributed by atoms with Gasteiger partial charge in [-0.15, -0.1) is 23.2 Å². The first-order valence-corrected chi connectivity index (χ1v) is 6.57. The van der Waals surface area contributed by atoms with Gasteiger partial charge in [-0.1, -0.05) is 13.8 Å². The number of carbonyl (C=O) groups excluding carboxylic acids is 1. The van der Waals surface area contributed by atoms with Crippen LogP contribution in [0.2, 0.25) is 0 Å². The number of ether oxygens (including phenoxy) is 1. The van der Waals surface area contributed by atoms with Gasteiger partial charge in [0.2, 0.25) is 0 Å². The first-order valence-electron chi connectivity index (χ1n) is 5.50. The summed E-state index contributed by atoms with van der Waals surface area (Å²) in [5.74, 6) is 0.770. The van der Waals surface area contributed by atoms with Crippen LogP contribution in [-0.4, -0.2) is 41.4 Å². The maximum Gasteiger partial charge on any atom is 0.410 e. The number of amides is 1. The minimum atomic E-state index is -0.478. The van der Waals surface area contributed by atoms with Gasteiger partial charge in [0.15, 0.2) is 0 Å². The standard InChI is InChI=1S/C9H17Cl2NO2.C2H6/c1-9(2,3)14-8(13)12(6-4-10)7-5-11;1-2/h4-7H2,1-3H3;1-2H3. The maximum atomic E-state index is 11.5. The quantitative estimate of drug-likeness (QED) is 0.730. The van der Waals surface area contributed by atoms with Gasteiger partial charge in [-0.2, -0.15) is 0 Å². The van der Waals surface area contributed by atoms with Gasteiger partial charge < -0.3 is 9.64 Å². The smallest absolute Gasteiger partial charge is 0.410 e. The SMILES string of the molecule is CC.CC(C)(C)OC(=O)N(CCCl)CCCl. The van der Waals surface area contributed by atoms with Gasteiger partial charge in [-0.25, -0.2) is 4.79 Å². The first-order chi connectivity index (χ1) is 7.40. The zero-order valence-electron chi connectivity index (χ0n) is 10.8. The molecule has 5 heteroatoms. The summed E-state index contributed by atoms with van der Waals surface area (Å²) in [5.41, 5.74) is -0.478. The largest absolute Gasteiger partial charge is 0.444 e. The van der Waals surface area contributed by atoms with Gasteiger partial charge >= 0.3 is 6.09 Å². The van der Waals surface area contributed by atoms with Crippen LogP contribution >= 0.6 is 23.2 Å². The highest BCUT2D eigenvalue weighted by atomic mass is 35.5. The van der Waals surface area contributed by atoms with E-state index < -0.39 is 5.60 Å². The lowest BCUT2D eigenvalue weighted by Crippen LogP contribution is -2.39. The first kappa shape index (κ1) is 18.2. The molecule has 0 rings (SSSR count). The lowest BCUT2D eigenvalue weighted by molar-refractivity contribution is 0.0273. The molecule has 0 saturated carbocycles. The highest BCUT2D eigenvalue weighted by Crippen LogP contribution is 2.09. The fourth-order valence-electron chi connectivity index (χ4n) is 0.825. The summed E-state index contributed by atoms with van der Waals surface area (Å²) in [4.78, 5) is 13.0. The Bertz CT molecular complexity index is 175. The Morgan fingerprint density at radius 2 is 1.50 bits per heavy atom. The molecule has 0 aromatic carbocycles. The fraction of sp³-hybridized carbons (Fsp3) is 0.909. The summed E-state index contributed by atoms with van der Waals surface area (Å²) in [7, 11) is 0. The molecule has 16 heavy (non-hydrogen) atoms. The molecule has 98 valence electrons. The van der Waals surface area contributed by atoms with Crippen molar-refractivity contribution >= 4 is 29.3 Å². The monoisotopic (exact) mass is 271 g/mol. The second kappa shape index (κ2) is 10.0. The minimum absolute atomic E-state index is 0.362. The molecule has 0 aliphatic heterocycles. The summed E-state index contributed by atoms with van der Waals surface area (Å²) in [5, 5.41) is 0. The molecule has 0 aliphatic carbocycles. The molecule has 0 aliphatic rings. The zero-order chi connectivity index (χ0) is 13.2. The van der Waals surface area contributed by atoms with E-state index in [1.807, 2.05) is 34.6 Å². The Balaban J connectivity index is 0. The minimum Gasteiger partial charge on any atom is -0.444 e. The van der Waals surface area contributed by atoms with Crippen molar-refractivity contribution in [2.45, 2.75) is 40.2 Å². The summed E-state index contributed by atoms with van der Waals surface area (Å²) in [6.45, 7) is 10.4. The lowest BCUT2D eigenvalue weighted by atomic mass is 10.2. The number of hydrogen-bond acceptors (Lipinski definition) is 2. The maximum absolute atomic E-state index is 11.5. The van der Waals surface area contributed by atoms with Gasteiger partial charge in [0.1, 0.15) is 5.60 Å². The summed E-state index contributed by atoms with van der Waals surface area (Å²) < 4.78 is 5.17.